The van der Waals surface area contributed by atoms with Crippen LogP contribution in [0.3, 0.4) is 0 Å². The molecule has 4 nitrogen and oxygen atoms in total. The Morgan fingerprint density at radius 3 is 1.39 bits per heavy atom. The van der Waals surface area contributed by atoms with Crippen LogP contribution in [0, 0.1) is 5.92 Å². The summed E-state index contributed by atoms with van der Waals surface area (Å²) >= 11 is 0. The molecule has 0 fully saturated rings. The van der Waals surface area contributed by atoms with Crippen LogP contribution in [-0.2, 0) is 10.8 Å². The Balaban J connectivity index is 0.826. The fourth-order valence-corrected chi connectivity index (χ4v) is 17.5. The number of nitrogens with one attached hydrogen (secondary N) is 1. The Morgan fingerprint density at radius 1 is 0.376 bits per heavy atom. The summed E-state index contributed by atoms with van der Waals surface area (Å²) in [6, 6.07) is 105. The van der Waals surface area contributed by atoms with Crippen LogP contribution in [-0.4, -0.2) is 22.6 Å². The van der Waals surface area contributed by atoms with Crippen molar-refractivity contribution in [1.29, 1.82) is 0 Å². The second-order valence-corrected chi connectivity index (χ2v) is 26.0. The molecule has 0 saturated carbocycles. The molecule has 1 N–H and O–H groups in total. The number of aromatic nitrogens is 1. The van der Waals surface area contributed by atoms with E-state index in [4.69, 9.17) is 15.0 Å². The molecule has 2 atom stereocenters. The van der Waals surface area contributed by atoms with E-state index in [9.17, 15) is 0 Å². The second-order valence-electron chi connectivity index (χ2n) is 26.0. The van der Waals surface area contributed by atoms with Crippen molar-refractivity contribution in [1.82, 2.24) is 4.98 Å². The summed E-state index contributed by atoms with van der Waals surface area (Å²) < 4.78 is 0. The number of nitrogens with zero attached hydrogens (tertiary/aromatic N) is 3. The number of rotatable bonds is 6. The van der Waals surface area contributed by atoms with Gasteiger partial charge in [-0.15, -0.1) is 0 Å². The van der Waals surface area contributed by atoms with Crippen molar-refractivity contribution >= 4 is 45.4 Å². The largest absolute Gasteiger partial charge is 0.378 e. The molecule has 0 bridgehead atoms. The molecular formula is C89H58N4. The fourth-order valence-electron chi connectivity index (χ4n) is 17.5. The fraction of sp³-hybridized carbons (Fsp3) is 0.0674. The van der Waals surface area contributed by atoms with Crippen LogP contribution in [0.2, 0.25) is 0 Å². The Hall–Kier alpha value is -11.6. The number of para-hydroxylation sites is 2. The highest BCUT2D eigenvalue weighted by atomic mass is 15.0. The molecule has 7 aliphatic rings. The van der Waals surface area contributed by atoms with Crippen molar-refractivity contribution in [2.24, 2.45) is 15.9 Å². The van der Waals surface area contributed by atoms with E-state index in [0.717, 1.165) is 67.0 Å². The molecule has 2 unspecified atom stereocenters. The number of aliphatic imine (C=N–C) groups is 2. The molecule has 93 heavy (non-hydrogen) atoms. The molecule has 20 rings (SSSR count). The van der Waals surface area contributed by atoms with E-state index >= 15 is 0 Å². The van der Waals surface area contributed by atoms with Crippen LogP contribution < -0.4 is 5.32 Å². The van der Waals surface area contributed by atoms with Gasteiger partial charge in [0.15, 0.2) is 5.84 Å². The van der Waals surface area contributed by atoms with Gasteiger partial charge in [0.1, 0.15) is 0 Å². The number of allylic oxidation sites excluding steroid dienone is 4. The molecule has 2 spiro atoms. The molecule has 2 aliphatic heterocycles. The molecule has 5 aliphatic carbocycles. The smallest absolute Gasteiger partial charge is 0.159 e. The van der Waals surface area contributed by atoms with Crippen molar-refractivity contribution < 1.29 is 0 Å². The molecule has 4 heteroatoms. The minimum Gasteiger partial charge on any atom is -0.378 e. The second kappa shape index (κ2) is 19.7. The van der Waals surface area contributed by atoms with Crippen molar-refractivity contribution in [3.05, 3.63) is 375 Å². The van der Waals surface area contributed by atoms with Gasteiger partial charge >= 0.3 is 0 Å². The van der Waals surface area contributed by atoms with Crippen molar-refractivity contribution in [2.45, 2.75) is 30.2 Å². The van der Waals surface area contributed by atoms with E-state index in [1.54, 1.807) is 0 Å². The van der Waals surface area contributed by atoms with Gasteiger partial charge in [-0.3, -0.25) is 4.98 Å². The number of fused-ring (bicyclic) bond motifs is 23. The van der Waals surface area contributed by atoms with E-state index in [0.29, 0.717) is 12.3 Å². The van der Waals surface area contributed by atoms with Crippen LogP contribution >= 0.6 is 0 Å². The Bertz CT molecular complexity index is 5460. The van der Waals surface area contributed by atoms with Gasteiger partial charge in [0, 0.05) is 51.5 Å². The third-order valence-electron chi connectivity index (χ3n) is 21.4. The van der Waals surface area contributed by atoms with Crippen molar-refractivity contribution in [2.75, 3.05) is 5.32 Å². The highest BCUT2D eigenvalue weighted by Crippen LogP contribution is 2.65. The Labute approximate surface area is 540 Å². The van der Waals surface area contributed by atoms with Crippen LogP contribution in [0.4, 0.5) is 5.69 Å². The first-order valence-corrected chi connectivity index (χ1v) is 32.6. The summed E-state index contributed by atoms with van der Waals surface area (Å²) in [4.78, 5) is 16.6. The Kier molecular flexibility index (Phi) is 11.1. The highest BCUT2D eigenvalue weighted by molar-refractivity contribution is 6.19. The van der Waals surface area contributed by atoms with Gasteiger partial charge in [0.25, 0.3) is 0 Å². The van der Waals surface area contributed by atoms with E-state index in [1.807, 2.05) is 12.3 Å². The molecule has 3 heterocycles. The number of hydrogen-bond donors (Lipinski definition) is 1. The molecule has 434 valence electrons. The maximum atomic E-state index is 5.93. The van der Waals surface area contributed by atoms with Crippen LogP contribution in [0.25, 0.3) is 94.9 Å². The van der Waals surface area contributed by atoms with E-state index in [1.165, 1.54) is 111 Å². The summed E-state index contributed by atoms with van der Waals surface area (Å²) in [6.07, 6.45) is 9.56. The van der Waals surface area contributed by atoms with Crippen LogP contribution in [0.1, 0.15) is 85.7 Å². The summed E-state index contributed by atoms with van der Waals surface area (Å²) in [6.45, 7) is 2.21. The topological polar surface area (TPSA) is 49.6 Å². The molecule has 0 amide bonds. The number of benzene rings is 12. The lowest BCUT2D eigenvalue weighted by atomic mass is 9.69. The molecule has 12 aromatic carbocycles. The summed E-state index contributed by atoms with van der Waals surface area (Å²) in [5.41, 5.74) is 36.5. The van der Waals surface area contributed by atoms with E-state index < -0.39 is 10.8 Å². The molecule has 0 saturated heterocycles. The molecule has 1 aromatic heterocycles. The van der Waals surface area contributed by atoms with Crippen LogP contribution in [0.15, 0.2) is 313 Å². The van der Waals surface area contributed by atoms with Gasteiger partial charge in [-0.25, -0.2) is 9.98 Å². The molecule has 0 radical (unpaired) electrons. The van der Waals surface area contributed by atoms with Gasteiger partial charge in [-0.1, -0.05) is 273 Å². The standard InChI is InChI=1S/C89H58N4/c1-53-34-35-57-18-15-27-64(84(57)91-53)55-36-40-58(41-37-55)85-74-50-62(60-44-46-71-69-24-6-12-32-79(69)88(81(71)51-60)75-28-8-2-20-65(75)66-21-3-9-29-76(66)88)49-73(86(74)93-87(92-85)59-42-38-54(39-43-59)63-26-14-17-56-19-16-48-90-83(56)63)61-45-47-72-70-25-7-13-33-80(70)89(82(72)52-61)77-30-10-4-22-67(77)68-23-5-11-31-78(68)89/h2-49,51-53,74,91H,50H2,1H3. The predicted molar refractivity (Wildman–Crippen MR) is 383 cm³/mol. The minimum absolute atomic E-state index is 0.215. The number of pyridine rings is 1. The first-order valence-electron chi connectivity index (χ1n) is 32.6. The normalized spacial score (nSPS) is 17.2. The maximum absolute atomic E-state index is 5.93. The number of amidine groups is 1. The van der Waals surface area contributed by atoms with Gasteiger partial charge in [0.2, 0.25) is 0 Å². The SMILES string of the molecule is CC1C=Cc2cccc(-c3ccc(C4=NC(c5ccc(-c6cccc7cccnc67)cc5)=NC5=C(c6ccc7c(c6)C6(c8ccccc8-c8ccccc86)c6ccccc6-7)C=C(c6ccc7c(c6)C6(c8ccccc8-c8ccccc86)c6ccccc6-7)CC45)cc3)c2N1. The summed E-state index contributed by atoms with van der Waals surface area (Å²) in [5.74, 6) is 0.478. The van der Waals surface area contributed by atoms with Crippen LogP contribution in [0.5, 0.6) is 0 Å². The zero-order valence-corrected chi connectivity index (χ0v) is 51.1. The predicted octanol–water partition coefficient (Wildman–Crippen LogP) is 20.8. The van der Waals surface area contributed by atoms with Gasteiger partial charge in [-0.2, -0.15) is 0 Å². The molecular weight excluding hydrogens is 1130 g/mol. The average Bonchev–Trinajstić information content (AvgIpc) is 1.52. The maximum Gasteiger partial charge on any atom is 0.159 e. The van der Waals surface area contributed by atoms with E-state index in [-0.39, 0.29) is 12.0 Å². The quantitative estimate of drug-likeness (QED) is 0.180. The first kappa shape index (κ1) is 52.2. The van der Waals surface area contributed by atoms with E-state index in [2.05, 4.69) is 303 Å². The summed E-state index contributed by atoms with van der Waals surface area (Å²) in [5, 5.41) is 4.89. The van der Waals surface area contributed by atoms with Gasteiger partial charge in [-0.05, 0) is 166 Å². The lowest BCUT2D eigenvalue weighted by Crippen LogP contribution is -2.28. The minimum atomic E-state index is -0.531. The van der Waals surface area contributed by atoms with Gasteiger partial charge in [0.05, 0.1) is 27.8 Å². The monoisotopic (exact) mass is 1180 g/mol. The highest BCUT2D eigenvalue weighted by Gasteiger charge is 2.53. The zero-order valence-electron chi connectivity index (χ0n) is 51.1. The first-order chi connectivity index (χ1) is 46.0. The Morgan fingerprint density at radius 2 is 0.817 bits per heavy atom. The lowest BCUT2D eigenvalue weighted by molar-refractivity contribution is 0.788. The van der Waals surface area contributed by atoms with Crippen molar-refractivity contribution in [3.8, 4) is 66.8 Å². The third kappa shape index (κ3) is 7.29. The van der Waals surface area contributed by atoms with Crippen molar-refractivity contribution in [3.63, 3.8) is 0 Å². The van der Waals surface area contributed by atoms with Gasteiger partial charge < -0.3 is 5.32 Å². The third-order valence-corrected chi connectivity index (χ3v) is 21.4. The number of hydrogen-bond acceptors (Lipinski definition) is 4. The molecule has 13 aromatic rings. The lowest BCUT2D eigenvalue weighted by Gasteiger charge is -2.33. The summed E-state index contributed by atoms with van der Waals surface area (Å²) in [7, 11) is 0. The average molecular weight is 1180 g/mol. The number of anilines is 1. The zero-order chi connectivity index (χ0) is 61.1.